The Morgan fingerprint density at radius 1 is 0.973 bits per heavy atom. The summed E-state index contributed by atoms with van der Waals surface area (Å²) in [6.07, 6.45) is 8.23. The van der Waals surface area contributed by atoms with Crippen LogP contribution in [0.5, 0.6) is 0 Å². The van der Waals surface area contributed by atoms with Gasteiger partial charge in [0.15, 0.2) is 0 Å². The molecule has 186 valence electrons. The van der Waals surface area contributed by atoms with E-state index in [1.165, 1.54) is 12.1 Å². The Kier molecular flexibility index (Phi) is 5.39. The van der Waals surface area contributed by atoms with Crippen molar-refractivity contribution in [3.05, 3.63) is 78.6 Å². The molecule has 9 nitrogen and oxygen atoms in total. The lowest BCUT2D eigenvalue weighted by Gasteiger charge is -2.08. The van der Waals surface area contributed by atoms with Crippen LogP contribution < -0.4 is 4.72 Å². The molecule has 0 aliphatic heterocycles. The molecular weight excluding hydrogens is 493 g/mol. The third-order valence-electron chi connectivity index (χ3n) is 6.21. The van der Waals surface area contributed by atoms with Gasteiger partial charge in [-0.3, -0.25) is 14.8 Å². The van der Waals surface area contributed by atoms with Gasteiger partial charge in [0.2, 0.25) is 10.0 Å². The average Bonchev–Trinajstić information content (AvgIpc) is 3.58. The summed E-state index contributed by atoms with van der Waals surface area (Å²) in [5, 5.41) is 13.7. The molecule has 0 fully saturated rings. The lowest BCUT2D eigenvalue weighted by Crippen LogP contribution is -2.21. The molecule has 2 aromatic carbocycles. The van der Waals surface area contributed by atoms with E-state index >= 15 is 0 Å². The summed E-state index contributed by atoms with van der Waals surface area (Å²) in [4.78, 5) is 7.74. The molecule has 4 heterocycles. The highest BCUT2D eigenvalue weighted by molar-refractivity contribution is 7.88. The molecule has 6 aromatic rings. The molecule has 37 heavy (non-hydrogen) atoms. The normalized spacial score (nSPS) is 12.1. The van der Waals surface area contributed by atoms with Gasteiger partial charge in [-0.25, -0.2) is 17.5 Å². The van der Waals surface area contributed by atoms with E-state index in [4.69, 9.17) is 0 Å². The minimum atomic E-state index is -3.41. The molecule has 0 aliphatic rings. The monoisotopic (exact) mass is 515 g/mol. The van der Waals surface area contributed by atoms with Gasteiger partial charge in [0.1, 0.15) is 11.5 Å². The largest absolute Gasteiger partial charge is 0.352 e. The molecule has 0 radical (unpaired) electrons. The number of rotatable bonds is 6. The van der Waals surface area contributed by atoms with Gasteiger partial charge in [0.05, 0.1) is 35.4 Å². The van der Waals surface area contributed by atoms with Gasteiger partial charge in [-0.05, 0) is 53.1 Å². The minimum absolute atomic E-state index is 0.0100. The van der Waals surface area contributed by atoms with Crippen LogP contribution in [0.1, 0.15) is 5.56 Å². The van der Waals surface area contributed by atoms with E-state index in [0.29, 0.717) is 11.1 Å². The van der Waals surface area contributed by atoms with Crippen LogP contribution in [0.15, 0.2) is 67.3 Å². The maximum absolute atomic E-state index is 14.5. The van der Waals surface area contributed by atoms with E-state index in [1.807, 2.05) is 37.6 Å². The molecule has 0 bridgehead atoms. The number of nitrogens with one attached hydrogen (secondary N) is 3. The molecule has 11 heteroatoms. The Balaban J connectivity index is 1.43. The number of aryl methyl sites for hydroxylation is 1. The minimum Gasteiger partial charge on any atom is -0.352 e. The fraction of sp³-hybridized carbons (Fsp3) is 0.115. The zero-order chi connectivity index (χ0) is 25.7. The number of nitrogens with zero attached hydrogens (tertiary/aromatic N) is 4. The van der Waals surface area contributed by atoms with Gasteiger partial charge < -0.3 is 4.98 Å². The number of benzene rings is 2. The van der Waals surface area contributed by atoms with Crippen LogP contribution >= 0.6 is 0 Å². The summed E-state index contributed by atoms with van der Waals surface area (Å²) < 4.78 is 41.7. The highest BCUT2D eigenvalue weighted by atomic mass is 32.2. The van der Waals surface area contributed by atoms with Crippen molar-refractivity contribution in [3.8, 4) is 33.6 Å². The van der Waals surface area contributed by atoms with Gasteiger partial charge in [0.25, 0.3) is 0 Å². The SMILES string of the molecule is Cn1cc(-c2ccc3[nH]nc(-c4cc5c(-c6cc(F)cc(CNS(C)(=O)=O)c6)cncc5[nH]4)c3c2)cn1. The number of halogens is 1. The zero-order valence-corrected chi connectivity index (χ0v) is 20.8. The summed E-state index contributed by atoms with van der Waals surface area (Å²) >= 11 is 0. The van der Waals surface area contributed by atoms with Crippen LogP contribution in [-0.4, -0.2) is 44.6 Å². The quantitative estimate of drug-likeness (QED) is 0.304. The van der Waals surface area contributed by atoms with Crippen LogP contribution in [0.4, 0.5) is 4.39 Å². The summed E-state index contributed by atoms with van der Waals surface area (Å²) in [6.45, 7) is -0.0100. The summed E-state index contributed by atoms with van der Waals surface area (Å²) in [6, 6.07) is 12.5. The number of H-pyrrole nitrogens is 2. The molecule has 0 amide bonds. The molecule has 6 rings (SSSR count). The average molecular weight is 516 g/mol. The Bertz CT molecular complexity index is 1900. The molecule has 4 aromatic heterocycles. The number of hydrogen-bond acceptors (Lipinski definition) is 5. The molecule has 0 atom stereocenters. The summed E-state index contributed by atoms with van der Waals surface area (Å²) in [5.74, 6) is -0.461. The van der Waals surface area contributed by atoms with Gasteiger partial charge in [-0.15, -0.1) is 0 Å². The zero-order valence-electron chi connectivity index (χ0n) is 19.9. The topological polar surface area (TPSA) is 121 Å². The molecular formula is C26H22FN7O2S. The first-order valence-corrected chi connectivity index (χ1v) is 13.3. The van der Waals surface area contributed by atoms with Crippen LogP contribution in [0.3, 0.4) is 0 Å². The Morgan fingerprint density at radius 2 is 1.84 bits per heavy atom. The number of sulfonamides is 1. The number of pyridine rings is 1. The second-order valence-electron chi connectivity index (χ2n) is 9.01. The second-order valence-corrected chi connectivity index (χ2v) is 10.8. The van der Waals surface area contributed by atoms with Crippen molar-refractivity contribution in [2.45, 2.75) is 6.54 Å². The third kappa shape index (κ3) is 4.50. The van der Waals surface area contributed by atoms with E-state index in [1.54, 1.807) is 23.1 Å². The van der Waals surface area contributed by atoms with Crippen LogP contribution in [-0.2, 0) is 23.6 Å². The Hall–Kier alpha value is -4.35. The first kappa shape index (κ1) is 23.1. The molecule has 0 unspecified atom stereocenters. The van der Waals surface area contributed by atoms with Crippen molar-refractivity contribution in [3.63, 3.8) is 0 Å². The van der Waals surface area contributed by atoms with E-state index < -0.39 is 15.8 Å². The smallest absolute Gasteiger partial charge is 0.209 e. The van der Waals surface area contributed by atoms with Crippen LogP contribution in [0, 0.1) is 5.82 Å². The fourth-order valence-electron chi connectivity index (χ4n) is 4.50. The molecule has 0 aliphatic carbocycles. The second kappa shape index (κ2) is 8.64. The van der Waals surface area contributed by atoms with Gasteiger partial charge in [-0.2, -0.15) is 10.2 Å². The lowest BCUT2D eigenvalue weighted by atomic mass is 10.0. The van der Waals surface area contributed by atoms with E-state index in [-0.39, 0.29) is 6.54 Å². The van der Waals surface area contributed by atoms with Gasteiger partial charge in [0, 0.05) is 47.9 Å². The molecule has 0 saturated carbocycles. The molecule has 0 spiro atoms. The molecule has 3 N–H and O–H groups in total. The van der Waals surface area contributed by atoms with E-state index in [0.717, 1.165) is 56.1 Å². The molecule has 0 saturated heterocycles. The number of hydrogen-bond donors (Lipinski definition) is 3. The maximum atomic E-state index is 14.5. The number of fused-ring (bicyclic) bond motifs is 2. The highest BCUT2D eigenvalue weighted by Crippen LogP contribution is 2.35. The van der Waals surface area contributed by atoms with Crippen molar-refractivity contribution in [1.82, 2.24) is 34.7 Å². The van der Waals surface area contributed by atoms with Gasteiger partial charge >= 0.3 is 0 Å². The Labute approximate surface area is 211 Å². The number of aromatic nitrogens is 6. The fourth-order valence-corrected chi connectivity index (χ4v) is 4.93. The Morgan fingerprint density at radius 3 is 2.62 bits per heavy atom. The van der Waals surface area contributed by atoms with E-state index in [9.17, 15) is 12.8 Å². The van der Waals surface area contributed by atoms with Crippen molar-refractivity contribution >= 4 is 31.8 Å². The maximum Gasteiger partial charge on any atom is 0.209 e. The van der Waals surface area contributed by atoms with Crippen molar-refractivity contribution in [2.24, 2.45) is 7.05 Å². The van der Waals surface area contributed by atoms with Crippen molar-refractivity contribution in [2.75, 3.05) is 6.26 Å². The summed E-state index contributed by atoms with van der Waals surface area (Å²) in [5.41, 5.74) is 7.06. The summed E-state index contributed by atoms with van der Waals surface area (Å²) in [7, 11) is -1.53. The van der Waals surface area contributed by atoms with Crippen LogP contribution in [0.2, 0.25) is 0 Å². The van der Waals surface area contributed by atoms with Gasteiger partial charge in [-0.1, -0.05) is 6.07 Å². The highest BCUT2D eigenvalue weighted by Gasteiger charge is 2.16. The van der Waals surface area contributed by atoms with Crippen molar-refractivity contribution < 1.29 is 12.8 Å². The predicted octanol–water partition coefficient (Wildman–Crippen LogP) is 4.36. The lowest BCUT2D eigenvalue weighted by molar-refractivity contribution is 0.586. The third-order valence-corrected chi connectivity index (χ3v) is 6.88. The van der Waals surface area contributed by atoms with Crippen LogP contribution in [0.25, 0.3) is 55.4 Å². The number of aromatic amines is 2. The first-order valence-electron chi connectivity index (χ1n) is 11.4. The van der Waals surface area contributed by atoms with E-state index in [2.05, 4.69) is 36.1 Å². The predicted molar refractivity (Wildman–Crippen MR) is 140 cm³/mol. The van der Waals surface area contributed by atoms with Crippen molar-refractivity contribution in [1.29, 1.82) is 0 Å². The standard InChI is InChI=1S/C26H22FN7O2S/c1-34-14-18(11-29-34)16-3-4-23-21(8-16)26(33-32-23)24-9-20-22(12-28-13-25(20)31-24)17-5-15(6-19(27)7-17)10-30-37(2,35)36/h3-9,11-14,30-31H,10H2,1-2H3,(H,32,33). The first-order chi connectivity index (χ1) is 17.7.